The molecule has 1 aliphatic heterocycles. The first kappa shape index (κ1) is 26.4. The number of halogens is 2. The summed E-state index contributed by atoms with van der Waals surface area (Å²) in [5.74, 6) is 0.757. The Balaban J connectivity index is 0.00000450. The van der Waals surface area contributed by atoms with E-state index in [0.717, 1.165) is 0 Å². The fourth-order valence-electron chi connectivity index (χ4n) is 2.85. The second kappa shape index (κ2) is 12.9. The molecule has 0 bridgehead atoms. The number of benzene rings is 1. The molecule has 11 heteroatoms. The number of hydrogen-bond acceptors (Lipinski definition) is 5. The lowest BCUT2D eigenvalue weighted by Gasteiger charge is -2.15. The highest BCUT2D eigenvalue weighted by Crippen LogP contribution is 2.13. The second-order valence-corrected chi connectivity index (χ2v) is 9.17. The van der Waals surface area contributed by atoms with Gasteiger partial charge in [-0.2, -0.15) is 0 Å². The molecule has 0 spiro atoms. The molecule has 1 aliphatic rings. The number of sulfone groups is 1. The van der Waals surface area contributed by atoms with Gasteiger partial charge in [0.05, 0.1) is 18.1 Å². The topological polar surface area (TPSA) is 109 Å². The van der Waals surface area contributed by atoms with Crippen LogP contribution in [0.2, 0.25) is 0 Å². The summed E-state index contributed by atoms with van der Waals surface area (Å²) in [7, 11) is -3.01. The van der Waals surface area contributed by atoms with E-state index in [0.29, 0.717) is 37.8 Å². The number of amides is 1. The Morgan fingerprint density at radius 3 is 2.60 bits per heavy atom. The lowest BCUT2D eigenvalue weighted by molar-refractivity contribution is -0.121. The quantitative estimate of drug-likeness (QED) is 0.242. The molecule has 0 radical (unpaired) electrons. The third-order valence-corrected chi connectivity index (χ3v) is 6.01. The molecule has 2 rings (SSSR count). The highest BCUT2D eigenvalue weighted by Gasteiger charge is 2.28. The number of rotatable bonds is 9. The largest absolute Gasteiger partial charge is 0.489 e. The molecule has 1 heterocycles. The van der Waals surface area contributed by atoms with Gasteiger partial charge in [-0.15, -0.1) is 24.0 Å². The van der Waals surface area contributed by atoms with Gasteiger partial charge in [0.15, 0.2) is 15.8 Å². The molecule has 1 saturated heterocycles. The lowest BCUT2D eigenvalue weighted by atomic mass is 10.2. The Hall–Kier alpha value is -1.63. The molecule has 2 unspecified atom stereocenters. The Kier molecular flexibility index (Phi) is 11.4. The summed E-state index contributed by atoms with van der Waals surface area (Å²) in [6, 6.07) is 5.51. The van der Waals surface area contributed by atoms with Crippen LogP contribution >= 0.6 is 24.0 Å². The standard InChI is InChI=1S/C19H29FN4O4S.HI/c1-3-21-19(23-12-14(2)28-17-6-4-15(20)5-7-17)22-10-8-18(25)24-16-9-11-29(26,27)13-16;/h4-7,14,16H,3,8-13H2,1-2H3,(H,24,25)(H2,21,22,23);1H. The molecule has 0 saturated carbocycles. The summed E-state index contributed by atoms with van der Waals surface area (Å²) in [5.41, 5.74) is 0. The minimum atomic E-state index is -3.01. The molecular weight excluding hydrogens is 526 g/mol. The summed E-state index contributed by atoms with van der Waals surface area (Å²) in [6.07, 6.45) is 0.462. The first-order chi connectivity index (χ1) is 13.8. The summed E-state index contributed by atoms with van der Waals surface area (Å²) >= 11 is 0. The van der Waals surface area contributed by atoms with Crippen molar-refractivity contribution in [2.45, 2.75) is 38.8 Å². The van der Waals surface area contributed by atoms with Crippen molar-refractivity contribution in [3.8, 4) is 5.75 Å². The highest BCUT2D eigenvalue weighted by molar-refractivity contribution is 14.0. The molecule has 0 aromatic heterocycles. The normalized spacial score (nSPS) is 18.8. The maximum Gasteiger partial charge on any atom is 0.222 e. The predicted molar refractivity (Wildman–Crippen MR) is 126 cm³/mol. The number of aliphatic imine (C=N–C) groups is 1. The van der Waals surface area contributed by atoms with Crippen molar-refractivity contribution >= 4 is 45.7 Å². The van der Waals surface area contributed by atoms with Crippen molar-refractivity contribution in [1.29, 1.82) is 0 Å². The van der Waals surface area contributed by atoms with E-state index in [9.17, 15) is 17.6 Å². The molecule has 1 amide bonds. The third-order valence-electron chi connectivity index (χ3n) is 4.24. The molecule has 30 heavy (non-hydrogen) atoms. The van der Waals surface area contributed by atoms with Crippen molar-refractivity contribution in [1.82, 2.24) is 16.0 Å². The molecule has 2 atom stereocenters. The van der Waals surface area contributed by atoms with Crippen molar-refractivity contribution in [2.75, 3.05) is 31.1 Å². The smallest absolute Gasteiger partial charge is 0.222 e. The van der Waals surface area contributed by atoms with Gasteiger partial charge >= 0.3 is 0 Å². The van der Waals surface area contributed by atoms with Crippen LogP contribution < -0.4 is 20.7 Å². The van der Waals surface area contributed by atoms with E-state index in [-0.39, 0.29) is 65.8 Å². The highest BCUT2D eigenvalue weighted by atomic mass is 127. The van der Waals surface area contributed by atoms with Crippen molar-refractivity contribution < 1.29 is 22.3 Å². The van der Waals surface area contributed by atoms with E-state index in [1.165, 1.54) is 12.1 Å². The van der Waals surface area contributed by atoms with Gasteiger partial charge in [0.25, 0.3) is 0 Å². The molecule has 170 valence electrons. The van der Waals surface area contributed by atoms with Crippen LogP contribution in [0.1, 0.15) is 26.7 Å². The number of nitrogens with one attached hydrogen (secondary N) is 3. The van der Waals surface area contributed by atoms with Gasteiger partial charge in [-0.25, -0.2) is 17.8 Å². The van der Waals surface area contributed by atoms with Crippen molar-refractivity contribution in [2.24, 2.45) is 4.99 Å². The first-order valence-electron chi connectivity index (χ1n) is 9.71. The number of ether oxygens (including phenoxy) is 1. The van der Waals surface area contributed by atoms with Gasteiger partial charge in [0, 0.05) is 25.6 Å². The predicted octanol–water partition coefficient (Wildman–Crippen LogP) is 1.46. The van der Waals surface area contributed by atoms with Gasteiger partial charge in [-0.05, 0) is 44.5 Å². The van der Waals surface area contributed by atoms with Gasteiger partial charge in [-0.3, -0.25) is 4.79 Å². The van der Waals surface area contributed by atoms with E-state index in [1.54, 1.807) is 12.1 Å². The Morgan fingerprint density at radius 1 is 1.30 bits per heavy atom. The SMILES string of the molecule is CCNC(=NCC(C)Oc1ccc(F)cc1)NCCC(=O)NC1CCS(=O)(=O)C1.I. The molecule has 1 aromatic carbocycles. The maximum atomic E-state index is 12.9. The third kappa shape index (κ3) is 9.92. The van der Waals surface area contributed by atoms with Crippen molar-refractivity contribution in [3.63, 3.8) is 0 Å². The average Bonchev–Trinajstić information content (AvgIpc) is 3.00. The van der Waals surface area contributed by atoms with E-state index < -0.39 is 9.84 Å². The van der Waals surface area contributed by atoms with Crippen LogP contribution in [0.15, 0.2) is 29.3 Å². The van der Waals surface area contributed by atoms with Gasteiger partial charge in [0.1, 0.15) is 17.7 Å². The summed E-state index contributed by atoms with van der Waals surface area (Å²) < 4.78 is 41.5. The van der Waals surface area contributed by atoms with Crippen LogP contribution in [0.3, 0.4) is 0 Å². The second-order valence-electron chi connectivity index (χ2n) is 6.95. The number of hydrogen-bond donors (Lipinski definition) is 3. The Morgan fingerprint density at radius 2 is 2.00 bits per heavy atom. The maximum absolute atomic E-state index is 12.9. The molecule has 3 N–H and O–H groups in total. The summed E-state index contributed by atoms with van der Waals surface area (Å²) in [5, 5.41) is 8.92. The van der Waals surface area contributed by atoms with Crippen LogP contribution in [0.4, 0.5) is 4.39 Å². The van der Waals surface area contributed by atoms with E-state index in [1.807, 2.05) is 13.8 Å². The monoisotopic (exact) mass is 556 g/mol. The van der Waals surface area contributed by atoms with Gasteiger partial charge < -0.3 is 20.7 Å². The number of carbonyl (C=O) groups excluding carboxylic acids is 1. The van der Waals surface area contributed by atoms with Crippen LogP contribution in [-0.2, 0) is 14.6 Å². The molecular formula is C19H30FIN4O4S. The molecule has 8 nitrogen and oxygen atoms in total. The zero-order valence-electron chi connectivity index (χ0n) is 17.2. The van der Waals surface area contributed by atoms with Crippen LogP contribution in [0.25, 0.3) is 0 Å². The zero-order valence-corrected chi connectivity index (χ0v) is 20.3. The van der Waals surface area contributed by atoms with E-state index in [2.05, 4.69) is 20.9 Å². The summed E-state index contributed by atoms with van der Waals surface area (Å²) in [4.78, 5) is 16.4. The fraction of sp³-hybridized carbons (Fsp3) is 0.579. The van der Waals surface area contributed by atoms with Gasteiger partial charge in [-0.1, -0.05) is 0 Å². The van der Waals surface area contributed by atoms with E-state index in [4.69, 9.17) is 4.74 Å². The van der Waals surface area contributed by atoms with Crippen LogP contribution in [0, 0.1) is 5.82 Å². The van der Waals surface area contributed by atoms with Crippen molar-refractivity contribution in [3.05, 3.63) is 30.1 Å². The van der Waals surface area contributed by atoms with E-state index >= 15 is 0 Å². The summed E-state index contributed by atoms with van der Waals surface area (Å²) in [6.45, 7) is 5.19. The Labute approximate surface area is 194 Å². The number of nitrogens with zero attached hydrogens (tertiary/aromatic N) is 1. The number of carbonyl (C=O) groups is 1. The molecule has 1 aromatic rings. The molecule has 0 aliphatic carbocycles. The number of guanidine groups is 1. The fourth-order valence-corrected chi connectivity index (χ4v) is 4.52. The lowest BCUT2D eigenvalue weighted by Crippen LogP contribution is -2.41. The Bertz CT molecular complexity index is 805. The first-order valence-corrected chi connectivity index (χ1v) is 11.5. The minimum absolute atomic E-state index is 0. The average molecular weight is 556 g/mol. The minimum Gasteiger partial charge on any atom is -0.489 e. The zero-order chi connectivity index (χ0) is 21.3. The van der Waals surface area contributed by atoms with Crippen LogP contribution in [-0.4, -0.2) is 63.6 Å². The van der Waals surface area contributed by atoms with Crippen LogP contribution in [0.5, 0.6) is 5.75 Å². The molecule has 1 fully saturated rings. The van der Waals surface area contributed by atoms with Gasteiger partial charge in [0.2, 0.25) is 5.91 Å².